The van der Waals surface area contributed by atoms with E-state index >= 15 is 0 Å². The average molecular weight is 580 g/mol. The van der Waals surface area contributed by atoms with E-state index in [0.717, 1.165) is 6.26 Å². The number of nitrogens with one attached hydrogen (secondary N) is 1. The van der Waals surface area contributed by atoms with E-state index in [-0.39, 0.29) is 30.6 Å². The number of benzene rings is 1. The number of cyclic esters (lactones) is 1. The van der Waals surface area contributed by atoms with Crippen molar-refractivity contribution in [1.82, 2.24) is 4.72 Å². The Labute approximate surface area is 234 Å². The molecule has 4 rings (SSSR count). The third kappa shape index (κ3) is 7.12. The van der Waals surface area contributed by atoms with Crippen molar-refractivity contribution in [2.24, 2.45) is 5.92 Å². The van der Waals surface area contributed by atoms with E-state index < -0.39 is 46.2 Å². The van der Waals surface area contributed by atoms with E-state index in [0.29, 0.717) is 28.7 Å². The van der Waals surface area contributed by atoms with Gasteiger partial charge in [-0.15, -0.1) is 0 Å². The van der Waals surface area contributed by atoms with Crippen molar-refractivity contribution >= 4 is 33.0 Å². The fourth-order valence-corrected chi connectivity index (χ4v) is 5.09. The SMILES string of the molecule is COCOc1cc2oc(CNS(C)(=O)=O)cc2c2c1C(=O)O[C@@H](C)[C@H](C)/C=C\C(O)[C@H]1OC(C)(C)O[C@H]1C/C=C/2. The first kappa shape index (κ1) is 30.2. The average Bonchev–Trinajstić information content (AvgIpc) is 3.42. The van der Waals surface area contributed by atoms with Crippen LogP contribution in [0.15, 0.2) is 34.8 Å². The lowest BCUT2D eigenvalue weighted by molar-refractivity contribution is -0.152. The van der Waals surface area contributed by atoms with Crippen LogP contribution in [0.2, 0.25) is 0 Å². The Bertz CT molecular complexity index is 1390. The van der Waals surface area contributed by atoms with Gasteiger partial charge in [0.2, 0.25) is 10.0 Å². The number of methoxy groups -OCH3 is 1. The van der Waals surface area contributed by atoms with Crippen LogP contribution < -0.4 is 9.46 Å². The third-order valence-electron chi connectivity index (χ3n) is 6.78. The molecule has 3 heterocycles. The van der Waals surface area contributed by atoms with Gasteiger partial charge in [-0.2, -0.15) is 0 Å². The highest BCUT2D eigenvalue weighted by molar-refractivity contribution is 7.88. The van der Waals surface area contributed by atoms with Gasteiger partial charge in [-0.1, -0.05) is 31.2 Å². The van der Waals surface area contributed by atoms with Gasteiger partial charge in [0.15, 0.2) is 12.6 Å². The number of sulfonamides is 1. The zero-order valence-electron chi connectivity index (χ0n) is 23.5. The molecule has 2 aliphatic rings. The first-order chi connectivity index (χ1) is 18.8. The van der Waals surface area contributed by atoms with E-state index in [1.807, 2.05) is 13.0 Å². The molecule has 0 bridgehead atoms. The third-order valence-corrected chi connectivity index (χ3v) is 7.45. The van der Waals surface area contributed by atoms with E-state index in [1.165, 1.54) is 7.11 Å². The Hall–Kier alpha value is -2.74. The molecule has 1 aromatic heterocycles. The fraction of sp³-hybridized carbons (Fsp3) is 0.536. The van der Waals surface area contributed by atoms with Crippen molar-refractivity contribution in [3.63, 3.8) is 0 Å². The molecular formula is C28H37NO10S. The van der Waals surface area contributed by atoms with Gasteiger partial charge < -0.3 is 33.2 Å². The zero-order valence-corrected chi connectivity index (χ0v) is 24.3. The van der Waals surface area contributed by atoms with E-state index in [9.17, 15) is 18.3 Å². The summed E-state index contributed by atoms with van der Waals surface area (Å²) in [4.78, 5) is 13.6. The van der Waals surface area contributed by atoms with E-state index in [1.54, 1.807) is 51.1 Å². The molecular weight excluding hydrogens is 542 g/mol. The van der Waals surface area contributed by atoms with Gasteiger partial charge >= 0.3 is 5.97 Å². The van der Waals surface area contributed by atoms with Crippen LogP contribution in [0.4, 0.5) is 0 Å². The lowest BCUT2D eigenvalue weighted by Crippen LogP contribution is -2.34. The topological polar surface area (TPSA) is 143 Å². The Morgan fingerprint density at radius 3 is 2.62 bits per heavy atom. The normalized spacial score (nSPS) is 28.8. The van der Waals surface area contributed by atoms with Crippen molar-refractivity contribution in [1.29, 1.82) is 0 Å². The van der Waals surface area contributed by atoms with Gasteiger partial charge in [-0.3, -0.25) is 0 Å². The fourth-order valence-electron chi connectivity index (χ4n) is 4.69. The molecule has 2 aliphatic heterocycles. The summed E-state index contributed by atoms with van der Waals surface area (Å²) in [5.41, 5.74) is 1.02. The maximum absolute atomic E-state index is 13.6. The van der Waals surface area contributed by atoms with Crippen LogP contribution in [0.3, 0.4) is 0 Å². The molecule has 2 aromatic rings. The molecule has 2 N–H and O–H groups in total. The predicted molar refractivity (Wildman–Crippen MR) is 147 cm³/mol. The number of rotatable bonds is 6. The van der Waals surface area contributed by atoms with Crippen LogP contribution in [0.1, 0.15) is 55.8 Å². The second-order valence-corrected chi connectivity index (χ2v) is 12.4. The van der Waals surface area contributed by atoms with Crippen LogP contribution in [-0.4, -0.2) is 69.9 Å². The highest BCUT2D eigenvalue weighted by atomic mass is 32.2. The summed E-state index contributed by atoms with van der Waals surface area (Å²) in [6, 6.07) is 3.24. The number of ether oxygens (including phenoxy) is 5. The minimum Gasteiger partial charge on any atom is -0.466 e. The minimum atomic E-state index is -3.46. The minimum absolute atomic E-state index is 0.0759. The summed E-state index contributed by atoms with van der Waals surface area (Å²) in [7, 11) is -2.00. The molecule has 12 heteroatoms. The number of esters is 1. The van der Waals surface area contributed by atoms with Crippen molar-refractivity contribution in [3.05, 3.63) is 47.2 Å². The molecule has 0 amide bonds. The summed E-state index contributed by atoms with van der Waals surface area (Å²) >= 11 is 0. The smallest absolute Gasteiger partial charge is 0.342 e. The van der Waals surface area contributed by atoms with Crippen LogP contribution in [0.5, 0.6) is 5.75 Å². The van der Waals surface area contributed by atoms with Gasteiger partial charge in [0.1, 0.15) is 41.0 Å². The number of aliphatic hydroxyl groups excluding tert-OH is 1. The summed E-state index contributed by atoms with van der Waals surface area (Å²) in [6.07, 6.45) is 5.88. The molecule has 220 valence electrons. The molecule has 0 radical (unpaired) electrons. The van der Waals surface area contributed by atoms with Gasteiger partial charge in [0.25, 0.3) is 0 Å². The van der Waals surface area contributed by atoms with E-state index in [2.05, 4.69) is 4.72 Å². The summed E-state index contributed by atoms with van der Waals surface area (Å²) in [5.74, 6) is -1.20. The Balaban J connectivity index is 1.85. The van der Waals surface area contributed by atoms with Crippen LogP contribution in [0, 0.1) is 5.92 Å². The van der Waals surface area contributed by atoms with Gasteiger partial charge in [0.05, 0.1) is 18.9 Å². The number of carbonyl (C=O) groups excluding carboxylic acids is 1. The van der Waals surface area contributed by atoms with Crippen LogP contribution in [-0.2, 0) is 35.5 Å². The van der Waals surface area contributed by atoms with Crippen LogP contribution >= 0.6 is 0 Å². The van der Waals surface area contributed by atoms with Gasteiger partial charge in [0, 0.05) is 30.0 Å². The molecule has 1 saturated heterocycles. The maximum atomic E-state index is 13.6. The number of carbonyl (C=O) groups is 1. The lowest BCUT2D eigenvalue weighted by atomic mass is 9.97. The highest BCUT2D eigenvalue weighted by Gasteiger charge is 2.43. The van der Waals surface area contributed by atoms with Crippen LogP contribution in [0.25, 0.3) is 17.0 Å². The van der Waals surface area contributed by atoms with Crippen molar-refractivity contribution in [2.45, 2.75) is 70.9 Å². The number of fused-ring (bicyclic) bond motifs is 4. The first-order valence-corrected chi connectivity index (χ1v) is 14.9. The Morgan fingerprint density at radius 2 is 1.93 bits per heavy atom. The molecule has 0 saturated carbocycles. The molecule has 5 atom stereocenters. The molecule has 0 aliphatic carbocycles. The maximum Gasteiger partial charge on any atom is 0.342 e. The van der Waals surface area contributed by atoms with Crippen molar-refractivity contribution in [3.8, 4) is 5.75 Å². The number of hydrogen-bond acceptors (Lipinski definition) is 10. The Kier molecular flexibility index (Phi) is 9.08. The standard InChI is InChI=1S/C28H37NO10S/c1-16-10-11-21(30)26-22(38-28(3,4)39-26)9-7-8-19-20-12-18(14-29-40(6,32)33)37-23(20)13-24(35-15-34-5)25(19)27(31)36-17(16)2/h7-8,10-13,16-17,21-22,26,29-30H,9,14-15H2,1-6H3/b8-7+,11-10-/t16-,17+,21?,22+,26-/m1/s1. The van der Waals surface area contributed by atoms with Crippen molar-refractivity contribution in [2.75, 3.05) is 20.2 Å². The molecule has 0 spiro atoms. The monoisotopic (exact) mass is 579 g/mol. The largest absolute Gasteiger partial charge is 0.466 e. The van der Waals surface area contributed by atoms with Crippen molar-refractivity contribution < 1.29 is 46.4 Å². The number of hydrogen-bond donors (Lipinski definition) is 2. The summed E-state index contributed by atoms with van der Waals surface area (Å²) < 4.78 is 60.5. The molecule has 11 nitrogen and oxygen atoms in total. The predicted octanol–water partition coefficient (Wildman–Crippen LogP) is 3.50. The molecule has 40 heavy (non-hydrogen) atoms. The van der Waals surface area contributed by atoms with Gasteiger partial charge in [-0.05, 0) is 33.3 Å². The van der Waals surface area contributed by atoms with Gasteiger partial charge in [-0.25, -0.2) is 17.9 Å². The Morgan fingerprint density at radius 1 is 1.18 bits per heavy atom. The molecule has 1 unspecified atom stereocenters. The second kappa shape index (κ2) is 12.0. The summed E-state index contributed by atoms with van der Waals surface area (Å²) in [5, 5.41) is 11.5. The number of aliphatic hydroxyl groups is 1. The number of furan rings is 1. The zero-order chi connectivity index (χ0) is 29.2. The molecule has 1 aromatic carbocycles. The lowest BCUT2D eigenvalue weighted by Gasteiger charge is -2.23. The van der Waals surface area contributed by atoms with E-state index in [4.69, 9.17) is 28.1 Å². The first-order valence-electron chi connectivity index (χ1n) is 13.0. The quantitative estimate of drug-likeness (QED) is 0.297. The molecule has 1 fully saturated rings. The highest BCUT2D eigenvalue weighted by Crippen LogP contribution is 2.37. The summed E-state index contributed by atoms with van der Waals surface area (Å²) in [6.45, 7) is 7.03. The second-order valence-electron chi connectivity index (χ2n) is 10.6.